The van der Waals surface area contributed by atoms with E-state index in [4.69, 9.17) is 0 Å². The van der Waals surface area contributed by atoms with Gasteiger partial charge < -0.3 is 0 Å². The van der Waals surface area contributed by atoms with E-state index in [1.165, 1.54) is 24.7 Å². The molecule has 2 rings (SSSR count). The van der Waals surface area contributed by atoms with Crippen LogP contribution in [0.4, 0.5) is 0 Å². The second-order valence-corrected chi connectivity index (χ2v) is 8.03. The van der Waals surface area contributed by atoms with E-state index in [0.717, 1.165) is 0 Å². The summed E-state index contributed by atoms with van der Waals surface area (Å²) in [6, 6.07) is 13.3. The van der Waals surface area contributed by atoms with Crippen LogP contribution in [0.1, 0.15) is 16.7 Å². The fourth-order valence-electron chi connectivity index (χ4n) is 1.94. The first-order valence-corrected chi connectivity index (χ1v) is 8.49. The van der Waals surface area contributed by atoms with Crippen LogP contribution in [0, 0.1) is 27.9 Å². The zero-order valence-electron chi connectivity index (χ0n) is 10.2. The zero-order chi connectivity index (χ0) is 12.4. The second kappa shape index (κ2) is 5.53. The van der Waals surface area contributed by atoms with Crippen LogP contribution in [0.3, 0.4) is 0 Å². The van der Waals surface area contributed by atoms with Gasteiger partial charge in [-0.3, -0.25) is 0 Å². The van der Waals surface area contributed by atoms with Gasteiger partial charge in [0.15, 0.2) is 7.14 Å². The minimum atomic E-state index is -0.0743. The molecular formula is C15H15BrI+. The lowest BCUT2D eigenvalue weighted by Crippen LogP contribution is -3.62. The van der Waals surface area contributed by atoms with Crippen LogP contribution in [0.2, 0.25) is 0 Å². The van der Waals surface area contributed by atoms with Crippen molar-refractivity contribution in [2.75, 3.05) is 0 Å². The van der Waals surface area contributed by atoms with Gasteiger partial charge in [-0.2, -0.15) is 0 Å². The van der Waals surface area contributed by atoms with Gasteiger partial charge in [-0.05, 0) is 32.9 Å². The van der Waals surface area contributed by atoms with Gasteiger partial charge in [0.05, 0.1) is 0 Å². The molecule has 0 aliphatic carbocycles. The maximum Gasteiger partial charge on any atom is 0.358 e. The maximum absolute atomic E-state index is 3.54. The Morgan fingerprint density at radius 3 is 2.18 bits per heavy atom. The highest BCUT2D eigenvalue weighted by molar-refractivity contribution is 9.10. The summed E-state index contributed by atoms with van der Waals surface area (Å²) in [6.45, 7) is 6.63. The predicted octanol–water partition coefficient (Wildman–Crippen LogP) is 1.50. The molecule has 0 saturated heterocycles. The molecule has 0 saturated carbocycles. The van der Waals surface area contributed by atoms with Crippen molar-refractivity contribution in [3.05, 3.63) is 64.7 Å². The van der Waals surface area contributed by atoms with Crippen LogP contribution in [0.15, 0.2) is 40.9 Å². The Bertz CT molecular complexity index is 523. The quantitative estimate of drug-likeness (QED) is 0.669. The monoisotopic (exact) mass is 401 g/mol. The van der Waals surface area contributed by atoms with Crippen LogP contribution < -0.4 is 21.2 Å². The molecule has 0 heterocycles. The summed E-state index contributed by atoms with van der Waals surface area (Å²) in [4.78, 5) is 0. The van der Waals surface area contributed by atoms with E-state index in [1.54, 1.807) is 3.57 Å². The van der Waals surface area contributed by atoms with E-state index >= 15 is 0 Å². The van der Waals surface area contributed by atoms with Gasteiger partial charge in [-0.1, -0.05) is 39.7 Å². The topological polar surface area (TPSA) is 0 Å². The Morgan fingerprint density at radius 1 is 0.941 bits per heavy atom. The fourth-order valence-corrected chi connectivity index (χ4v) is 5.43. The molecule has 0 aromatic heterocycles. The number of halogens is 2. The molecular weight excluding hydrogens is 387 g/mol. The summed E-state index contributed by atoms with van der Waals surface area (Å²) < 4.78 is 4.21. The van der Waals surface area contributed by atoms with Crippen molar-refractivity contribution in [1.82, 2.24) is 0 Å². The molecule has 88 valence electrons. The minimum Gasteiger partial charge on any atom is -0.0566 e. The van der Waals surface area contributed by atoms with E-state index < -0.39 is 0 Å². The Kier molecular flexibility index (Phi) is 4.26. The number of aryl methyl sites for hydroxylation is 3. The third kappa shape index (κ3) is 3.32. The summed E-state index contributed by atoms with van der Waals surface area (Å²) >= 11 is 3.47. The van der Waals surface area contributed by atoms with Crippen molar-refractivity contribution >= 4 is 15.9 Å². The molecule has 0 aliphatic rings. The van der Waals surface area contributed by atoms with E-state index in [-0.39, 0.29) is 21.2 Å². The van der Waals surface area contributed by atoms with Crippen molar-refractivity contribution in [1.29, 1.82) is 0 Å². The highest BCUT2D eigenvalue weighted by Crippen LogP contribution is 2.09. The van der Waals surface area contributed by atoms with Crippen LogP contribution in [0.25, 0.3) is 0 Å². The number of hydrogen-bond acceptors (Lipinski definition) is 0. The summed E-state index contributed by atoms with van der Waals surface area (Å²) in [6.07, 6.45) is 0. The molecule has 0 aliphatic heterocycles. The van der Waals surface area contributed by atoms with Gasteiger partial charge in [0, 0.05) is 21.7 Å². The Hall–Kier alpha value is -0.350. The second-order valence-electron chi connectivity index (χ2n) is 4.25. The van der Waals surface area contributed by atoms with Crippen molar-refractivity contribution < 1.29 is 21.2 Å². The zero-order valence-corrected chi connectivity index (χ0v) is 14.0. The molecule has 0 amide bonds. The van der Waals surface area contributed by atoms with Crippen LogP contribution in [-0.2, 0) is 0 Å². The molecule has 0 unspecified atom stereocenters. The van der Waals surface area contributed by atoms with Crippen molar-refractivity contribution in [2.45, 2.75) is 20.8 Å². The minimum absolute atomic E-state index is 0.0743. The van der Waals surface area contributed by atoms with Gasteiger partial charge in [0.25, 0.3) is 0 Å². The van der Waals surface area contributed by atoms with Gasteiger partial charge >= 0.3 is 21.2 Å². The molecule has 2 aromatic rings. The van der Waals surface area contributed by atoms with Crippen LogP contribution in [-0.4, -0.2) is 0 Å². The van der Waals surface area contributed by atoms with Gasteiger partial charge in [0.1, 0.15) is 0 Å². The molecule has 0 nitrogen and oxygen atoms in total. The first kappa shape index (κ1) is 13.1. The maximum atomic E-state index is 3.54. The van der Waals surface area contributed by atoms with Crippen molar-refractivity contribution in [2.24, 2.45) is 0 Å². The summed E-state index contributed by atoms with van der Waals surface area (Å²) in [5.74, 6) is 0. The summed E-state index contributed by atoms with van der Waals surface area (Å²) in [7, 11) is 0. The molecule has 0 bridgehead atoms. The van der Waals surface area contributed by atoms with E-state index in [0.29, 0.717) is 0 Å². The third-order valence-corrected chi connectivity index (χ3v) is 6.60. The predicted molar refractivity (Wildman–Crippen MR) is 72.2 cm³/mol. The Morgan fingerprint density at radius 2 is 1.59 bits per heavy atom. The molecule has 0 fully saturated rings. The highest BCUT2D eigenvalue weighted by atomic mass is 127. The normalized spacial score (nSPS) is 10.6. The molecule has 0 N–H and O–H groups in total. The molecule has 0 radical (unpaired) electrons. The number of hydrogen-bond donors (Lipinski definition) is 0. The molecule has 2 aromatic carbocycles. The van der Waals surface area contributed by atoms with Gasteiger partial charge in [-0.15, -0.1) is 0 Å². The van der Waals surface area contributed by atoms with Crippen molar-refractivity contribution in [3.63, 3.8) is 0 Å². The van der Waals surface area contributed by atoms with E-state index in [1.807, 2.05) is 0 Å². The third-order valence-electron chi connectivity index (χ3n) is 2.57. The summed E-state index contributed by atoms with van der Waals surface area (Å²) in [5.41, 5.74) is 4.24. The number of benzene rings is 2. The Balaban J connectivity index is 2.36. The molecule has 0 atom stereocenters. The lowest BCUT2D eigenvalue weighted by molar-refractivity contribution is -0.598. The van der Waals surface area contributed by atoms with E-state index in [2.05, 4.69) is 73.1 Å². The SMILES string of the molecule is Cc1cc(C)c([I+]c2cccc(Br)c2)c(C)c1. The highest BCUT2D eigenvalue weighted by Gasteiger charge is 2.21. The number of rotatable bonds is 2. The molecule has 17 heavy (non-hydrogen) atoms. The standard InChI is InChI=1S/C15H15BrI/c1-10-7-11(2)15(12(3)8-10)17-14-6-4-5-13(16)9-14/h4-9H,1-3H3/q+1. The van der Waals surface area contributed by atoms with Gasteiger partial charge in [-0.25, -0.2) is 0 Å². The Labute approximate surface area is 122 Å². The lowest BCUT2D eigenvalue weighted by Gasteiger charge is -2.00. The lowest BCUT2D eigenvalue weighted by atomic mass is 10.1. The summed E-state index contributed by atoms with van der Waals surface area (Å²) in [5, 5.41) is 0. The van der Waals surface area contributed by atoms with Crippen LogP contribution >= 0.6 is 15.9 Å². The first-order chi connectivity index (χ1) is 8.06. The van der Waals surface area contributed by atoms with Crippen LogP contribution in [0.5, 0.6) is 0 Å². The van der Waals surface area contributed by atoms with Crippen molar-refractivity contribution in [3.8, 4) is 0 Å². The largest absolute Gasteiger partial charge is 0.358 e. The molecule has 0 spiro atoms. The molecule has 2 heteroatoms. The van der Waals surface area contributed by atoms with E-state index in [9.17, 15) is 0 Å². The smallest absolute Gasteiger partial charge is 0.0566 e. The average Bonchev–Trinajstić information content (AvgIpc) is 2.23. The first-order valence-electron chi connectivity index (χ1n) is 5.54. The average molecular weight is 402 g/mol. The fraction of sp³-hybridized carbons (Fsp3) is 0.200. The van der Waals surface area contributed by atoms with Gasteiger partial charge in [0.2, 0.25) is 0 Å².